The largest absolute Gasteiger partial charge is 0.361 e. The fraction of sp³-hybridized carbons (Fsp3) is 0.353. The van der Waals surface area contributed by atoms with Crippen LogP contribution in [0.25, 0.3) is 11.4 Å². The van der Waals surface area contributed by atoms with E-state index in [2.05, 4.69) is 26.2 Å². The van der Waals surface area contributed by atoms with Gasteiger partial charge in [-0.05, 0) is 18.6 Å². The molecule has 3 aromatic heterocycles. The molecule has 1 aliphatic heterocycles. The van der Waals surface area contributed by atoms with Crippen molar-refractivity contribution in [1.29, 1.82) is 0 Å². The first-order chi connectivity index (χ1) is 11.6. The number of aryl methyl sites for hydroxylation is 2. The highest BCUT2D eigenvalue weighted by molar-refractivity contribution is 6.30. The number of pyridine rings is 1. The summed E-state index contributed by atoms with van der Waals surface area (Å²) in [4.78, 5) is 6.56. The molecular weight excluding hydrogens is 326 g/mol. The van der Waals surface area contributed by atoms with Crippen LogP contribution >= 0.6 is 11.6 Å². The zero-order valence-corrected chi connectivity index (χ0v) is 14.4. The molecule has 0 spiro atoms. The van der Waals surface area contributed by atoms with Gasteiger partial charge in [-0.3, -0.25) is 14.6 Å². The van der Waals surface area contributed by atoms with Crippen molar-refractivity contribution in [1.82, 2.24) is 24.8 Å². The minimum Gasteiger partial charge on any atom is -0.361 e. The number of hydrogen-bond donors (Lipinski definition) is 0. The third kappa shape index (κ3) is 2.72. The maximum atomic E-state index is 6.45. The minimum absolute atomic E-state index is 0.534. The lowest BCUT2D eigenvalue weighted by atomic mass is 9.92. The first-order valence-electron chi connectivity index (χ1n) is 7.89. The molecule has 0 amide bonds. The van der Waals surface area contributed by atoms with Crippen LogP contribution in [0.3, 0.4) is 0 Å². The predicted octanol–water partition coefficient (Wildman–Crippen LogP) is 3.03. The summed E-state index contributed by atoms with van der Waals surface area (Å²) in [6, 6.07) is 6.01. The monoisotopic (exact) mass is 343 g/mol. The molecular formula is C17H18ClN5O. The fourth-order valence-corrected chi connectivity index (χ4v) is 3.31. The molecule has 0 saturated carbocycles. The average molecular weight is 344 g/mol. The van der Waals surface area contributed by atoms with Gasteiger partial charge in [0, 0.05) is 56.6 Å². The van der Waals surface area contributed by atoms with Crippen molar-refractivity contribution in [3.05, 3.63) is 52.6 Å². The molecule has 0 aromatic carbocycles. The lowest BCUT2D eigenvalue weighted by molar-refractivity contribution is 0.139. The topological polar surface area (TPSA) is 60.0 Å². The number of nitrogens with zero attached hydrogens (tertiary/aromatic N) is 5. The van der Waals surface area contributed by atoms with Crippen molar-refractivity contribution in [2.45, 2.75) is 19.4 Å². The Morgan fingerprint density at radius 1 is 1.38 bits per heavy atom. The summed E-state index contributed by atoms with van der Waals surface area (Å²) in [6.07, 6.45) is 3.75. The van der Waals surface area contributed by atoms with Crippen molar-refractivity contribution in [2.24, 2.45) is 7.05 Å². The van der Waals surface area contributed by atoms with E-state index in [0.29, 0.717) is 11.1 Å². The highest BCUT2D eigenvalue weighted by atomic mass is 35.5. The van der Waals surface area contributed by atoms with Crippen LogP contribution in [0.1, 0.15) is 22.8 Å². The highest BCUT2D eigenvalue weighted by Crippen LogP contribution is 2.33. The van der Waals surface area contributed by atoms with Gasteiger partial charge in [0.1, 0.15) is 22.3 Å². The van der Waals surface area contributed by atoms with Gasteiger partial charge in [-0.15, -0.1) is 0 Å². The van der Waals surface area contributed by atoms with E-state index >= 15 is 0 Å². The minimum atomic E-state index is 0.534. The van der Waals surface area contributed by atoms with E-state index in [1.165, 1.54) is 5.56 Å². The van der Waals surface area contributed by atoms with Gasteiger partial charge in [-0.1, -0.05) is 22.8 Å². The molecule has 0 radical (unpaired) electrons. The maximum Gasteiger partial charge on any atom is 0.134 e. The molecule has 6 nitrogen and oxygen atoms in total. The van der Waals surface area contributed by atoms with Crippen LogP contribution in [0.2, 0.25) is 5.15 Å². The molecule has 1 fully saturated rings. The molecule has 0 bridgehead atoms. The van der Waals surface area contributed by atoms with E-state index in [1.807, 2.05) is 38.5 Å². The zero-order chi connectivity index (χ0) is 16.7. The van der Waals surface area contributed by atoms with Gasteiger partial charge in [0.25, 0.3) is 0 Å². The predicted molar refractivity (Wildman–Crippen MR) is 90.7 cm³/mol. The van der Waals surface area contributed by atoms with Crippen molar-refractivity contribution in [2.75, 3.05) is 13.1 Å². The van der Waals surface area contributed by atoms with Crippen molar-refractivity contribution in [3.8, 4) is 11.4 Å². The molecule has 7 heteroatoms. The lowest BCUT2D eigenvalue weighted by Gasteiger charge is -2.39. The van der Waals surface area contributed by atoms with Crippen LogP contribution in [-0.2, 0) is 13.6 Å². The molecule has 4 rings (SSSR count). The van der Waals surface area contributed by atoms with Gasteiger partial charge < -0.3 is 4.52 Å². The van der Waals surface area contributed by atoms with Crippen LogP contribution in [0.4, 0.5) is 0 Å². The molecule has 0 atom stereocenters. The Morgan fingerprint density at radius 2 is 2.21 bits per heavy atom. The average Bonchev–Trinajstić information content (AvgIpc) is 3.09. The molecule has 0 unspecified atom stereocenters. The van der Waals surface area contributed by atoms with E-state index in [4.69, 9.17) is 16.1 Å². The number of aromatic nitrogens is 4. The van der Waals surface area contributed by atoms with Crippen molar-refractivity contribution >= 4 is 11.6 Å². The third-order valence-corrected chi connectivity index (χ3v) is 4.91. The van der Waals surface area contributed by atoms with Gasteiger partial charge in [0.2, 0.25) is 0 Å². The molecule has 4 heterocycles. The number of hydrogen-bond acceptors (Lipinski definition) is 5. The molecule has 24 heavy (non-hydrogen) atoms. The lowest BCUT2D eigenvalue weighted by Crippen LogP contribution is -2.44. The maximum absolute atomic E-state index is 6.45. The molecule has 0 N–H and O–H groups in total. The molecule has 1 saturated heterocycles. The van der Waals surface area contributed by atoms with E-state index in [1.54, 1.807) is 4.68 Å². The fourth-order valence-electron chi connectivity index (χ4n) is 3.12. The number of rotatable bonds is 4. The Bertz CT molecular complexity index is 851. The summed E-state index contributed by atoms with van der Waals surface area (Å²) < 4.78 is 6.87. The van der Waals surface area contributed by atoms with Gasteiger partial charge in [-0.2, -0.15) is 5.10 Å². The van der Waals surface area contributed by atoms with Crippen LogP contribution in [0, 0.1) is 6.92 Å². The molecule has 3 aromatic rings. The SMILES string of the molecule is Cc1cc(-c2nn(C)c(Cl)c2CN2CC(c3cccnc3)C2)no1. The number of halogens is 1. The van der Waals surface area contributed by atoms with Crippen LogP contribution in [0.15, 0.2) is 35.1 Å². The Balaban J connectivity index is 1.52. The summed E-state index contributed by atoms with van der Waals surface area (Å²) in [5.74, 6) is 1.30. The summed E-state index contributed by atoms with van der Waals surface area (Å²) in [7, 11) is 1.84. The first kappa shape index (κ1) is 15.4. The second kappa shape index (κ2) is 6.03. The van der Waals surface area contributed by atoms with Crippen LogP contribution in [0.5, 0.6) is 0 Å². The van der Waals surface area contributed by atoms with E-state index in [-0.39, 0.29) is 0 Å². The summed E-state index contributed by atoms with van der Waals surface area (Å²) >= 11 is 6.45. The highest BCUT2D eigenvalue weighted by Gasteiger charge is 2.30. The van der Waals surface area contributed by atoms with Gasteiger partial charge in [0.05, 0.1) is 0 Å². The standard InChI is InChI=1S/C17H18ClN5O/c1-11-6-15(21-24-11)16-14(17(18)22(2)20-16)10-23-8-13(9-23)12-4-3-5-19-7-12/h3-7,13H,8-10H2,1-2H3. The quantitative estimate of drug-likeness (QED) is 0.728. The number of likely N-dealkylation sites (tertiary alicyclic amines) is 1. The summed E-state index contributed by atoms with van der Waals surface area (Å²) in [5, 5.41) is 9.24. The van der Waals surface area contributed by atoms with Crippen molar-refractivity contribution in [3.63, 3.8) is 0 Å². The normalized spacial score (nSPS) is 15.6. The Labute approximate surface area is 145 Å². The Morgan fingerprint density at radius 3 is 2.88 bits per heavy atom. The Hall–Kier alpha value is -2.18. The molecule has 124 valence electrons. The van der Waals surface area contributed by atoms with Gasteiger partial charge in [0.15, 0.2) is 0 Å². The Kier molecular flexibility index (Phi) is 3.86. The van der Waals surface area contributed by atoms with Gasteiger partial charge >= 0.3 is 0 Å². The van der Waals surface area contributed by atoms with Crippen molar-refractivity contribution < 1.29 is 4.52 Å². The summed E-state index contributed by atoms with van der Waals surface area (Å²) in [6.45, 7) is 4.61. The second-order valence-corrected chi connectivity index (χ2v) is 6.60. The van der Waals surface area contributed by atoms with E-state index in [9.17, 15) is 0 Å². The second-order valence-electron chi connectivity index (χ2n) is 6.24. The van der Waals surface area contributed by atoms with Crippen LogP contribution in [-0.4, -0.2) is 37.9 Å². The van der Waals surface area contributed by atoms with Crippen LogP contribution < -0.4 is 0 Å². The molecule has 1 aliphatic rings. The van der Waals surface area contributed by atoms with E-state index in [0.717, 1.165) is 42.3 Å². The first-order valence-corrected chi connectivity index (χ1v) is 8.27. The summed E-state index contributed by atoms with van der Waals surface area (Å²) in [5.41, 5.74) is 3.81. The van der Waals surface area contributed by atoms with Gasteiger partial charge in [-0.25, -0.2) is 0 Å². The zero-order valence-electron chi connectivity index (χ0n) is 13.6. The third-order valence-electron chi connectivity index (χ3n) is 4.43. The smallest absolute Gasteiger partial charge is 0.134 e. The van der Waals surface area contributed by atoms with E-state index < -0.39 is 0 Å². The molecule has 0 aliphatic carbocycles.